The Morgan fingerprint density at radius 3 is 0.945 bits per heavy atom. The number of unbranched alkanes of at least 4 members (excludes halogenated alkanes) is 30. The normalized spacial score (nSPS) is 12.4. The molecule has 0 aromatic rings. The van der Waals surface area contributed by atoms with Gasteiger partial charge in [0.15, 0.2) is 6.10 Å². The summed E-state index contributed by atoms with van der Waals surface area (Å²) >= 11 is 0. The summed E-state index contributed by atoms with van der Waals surface area (Å²) in [6.07, 6.45) is 43.7. The molecule has 0 aromatic carbocycles. The Bertz CT molecular complexity index is 828. The molecule has 0 fully saturated rings. The average molecular weight is 779 g/mol. The minimum absolute atomic E-state index is 0.0641. The van der Waals surface area contributed by atoms with Crippen molar-refractivity contribution in [1.82, 2.24) is 0 Å². The number of carbonyl (C=O) groups is 3. The molecule has 0 saturated heterocycles. The van der Waals surface area contributed by atoms with Gasteiger partial charge in [0.25, 0.3) is 0 Å². The number of rotatable bonds is 44. The van der Waals surface area contributed by atoms with E-state index in [2.05, 4.69) is 27.7 Å². The van der Waals surface area contributed by atoms with Crippen LogP contribution in [0.5, 0.6) is 0 Å². The van der Waals surface area contributed by atoms with Crippen LogP contribution in [-0.4, -0.2) is 37.2 Å². The Hall–Kier alpha value is -1.59. The first-order chi connectivity index (χ1) is 26.9. The molecule has 0 heterocycles. The highest BCUT2D eigenvalue weighted by atomic mass is 16.6. The van der Waals surface area contributed by atoms with E-state index in [9.17, 15) is 14.4 Å². The second kappa shape index (κ2) is 43.5. The lowest BCUT2D eigenvalue weighted by atomic mass is 10.00. The Morgan fingerprint density at radius 2 is 0.636 bits per heavy atom. The highest BCUT2D eigenvalue weighted by molar-refractivity contribution is 5.71. The molecule has 6 heteroatoms. The molecule has 0 aliphatic carbocycles. The van der Waals surface area contributed by atoms with Gasteiger partial charge in [0, 0.05) is 19.3 Å². The van der Waals surface area contributed by atoms with Gasteiger partial charge < -0.3 is 14.2 Å². The highest BCUT2D eigenvalue weighted by Crippen LogP contribution is 2.17. The quantitative estimate of drug-likeness (QED) is 0.0348. The van der Waals surface area contributed by atoms with Crippen LogP contribution in [0.25, 0.3) is 0 Å². The van der Waals surface area contributed by atoms with Gasteiger partial charge in [0.05, 0.1) is 0 Å². The smallest absolute Gasteiger partial charge is 0.306 e. The molecule has 0 N–H and O–H groups in total. The molecule has 0 aliphatic heterocycles. The third-order valence-electron chi connectivity index (χ3n) is 11.4. The molecule has 0 rings (SSSR count). The maximum atomic E-state index is 12.7. The number of esters is 3. The van der Waals surface area contributed by atoms with Crippen molar-refractivity contribution in [2.24, 2.45) is 5.92 Å². The van der Waals surface area contributed by atoms with Crippen LogP contribution >= 0.6 is 0 Å². The van der Waals surface area contributed by atoms with E-state index in [0.29, 0.717) is 19.3 Å². The lowest BCUT2D eigenvalue weighted by Gasteiger charge is -2.18. The molecule has 1 unspecified atom stereocenters. The van der Waals surface area contributed by atoms with Crippen molar-refractivity contribution in [2.75, 3.05) is 13.2 Å². The first kappa shape index (κ1) is 53.4. The summed E-state index contributed by atoms with van der Waals surface area (Å²) in [5, 5.41) is 0. The lowest BCUT2D eigenvalue weighted by molar-refractivity contribution is -0.167. The van der Waals surface area contributed by atoms with E-state index in [-0.39, 0.29) is 31.1 Å². The van der Waals surface area contributed by atoms with Crippen LogP contribution in [-0.2, 0) is 28.6 Å². The average Bonchev–Trinajstić information content (AvgIpc) is 3.18. The predicted octanol–water partition coefficient (Wildman–Crippen LogP) is 15.5. The van der Waals surface area contributed by atoms with Crippen molar-refractivity contribution >= 4 is 17.9 Å². The minimum Gasteiger partial charge on any atom is -0.462 e. The van der Waals surface area contributed by atoms with Gasteiger partial charge in [-0.1, -0.05) is 233 Å². The Morgan fingerprint density at radius 1 is 0.364 bits per heavy atom. The van der Waals surface area contributed by atoms with Crippen molar-refractivity contribution in [3.63, 3.8) is 0 Å². The Balaban J connectivity index is 4.28. The van der Waals surface area contributed by atoms with Crippen LogP contribution in [0.4, 0.5) is 0 Å². The summed E-state index contributed by atoms with van der Waals surface area (Å²) < 4.78 is 16.7. The van der Waals surface area contributed by atoms with Gasteiger partial charge in [-0.25, -0.2) is 0 Å². The summed E-state index contributed by atoms with van der Waals surface area (Å²) in [6.45, 7) is 8.98. The molecule has 2 atom stereocenters. The Kier molecular flexibility index (Phi) is 42.3. The van der Waals surface area contributed by atoms with Gasteiger partial charge in [0.2, 0.25) is 0 Å². The zero-order chi connectivity index (χ0) is 40.3. The van der Waals surface area contributed by atoms with Gasteiger partial charge in [-0.3, -0.25) is 14.4 Å². The summed E-state index contributed by atoms with van der Waals surface area (Å²) in [7, 11) is 0. The van der Waals surface area contributed by atoms with E-state index < -0.39 is 6.10 Å². The summed E-state index contributed by atoms with van der Waals surface area (Å²) in [5.41, 5.74) is 0. The fourth-order valence-corrected chi connectivity index (χ4v) is 7.30. The van der Waals surface area contributed by atoms with E-state index >= 15 is 0 Å². The van der Waals surface area contributed by atoms with E-state index in [1.54, 1.807) is 0 Å². The molecule has 326 valence electrons. The van der Waals surface area contributed by atoms with Gasteiger partial charge in [-0.15, -0.1) is 0 Å². The molecule has 0 saturated carbocycles. The van der Waals surface area contributed by atoms with Crippen LogP contribution < -0.4 is 0 Å². The standard InChI is InChI=1S/C49H94O6/c1-5-8-10-12-14-16-18-19-20-21-22-24-26-28-33-37-41-48(51)54-44-46(55-49(52)42-38-34-30-29-31-35-39-45(4)7-3)43-53-47(50)40-36-32-27-25-23-17-15-13-11-9-6-2/h45-46H,5-44H2,1-4H3/t45?,46-/m0/s1. The van der Waals surface area contributed by atoms with Crippen LogP contribution in [0, 0.1) is 5.92 Å². The third-order valence-corrected chi connectivity index (χ3v) is 11.4. The summed E-state index contributed by atoms with van der Waals surface area (Å²) in [4.78, 5) is 37.8. The second-order valence-electron chi connectivity index (χ2n) is 17.0. The van der Waals surface area contributed by atoms with Crippen LogP contribution in [0.1, 0.15) is 272 Å². The van der Waals surface area contributed by atoms with E-state index in [0.717, 1.165) is 63.7 Å². The number of hydrogen-bond donors (Lipinski definition) is 0. The number of ether oxygens (including phenoxy) is 3. The maximum absolute atomic E-state index is 12.7. The molecule has 0 radical (unpaired) electrons. The van der Waals surface area contributed by atoms with Gasteiger partial charge in [0.1, 0.15) is 13.2 Å². The topological polar surface area (TPSA) is 78.9 Å². The monoisotopic (exact) mass is 779 g/mol. The molecule has 0 spiro atoms. The van der Waals surface area contributed by atoms with Crippen molar-refractivity contribution in [3.05, 3.63) is 0 Å². The highest BCUT2D eigenvalue weighted by Gasteiger charge is 2.19. The Labute approximate surface area is 342 Å². The SMILES string of the molecule is CCCCCCCCCCCCCCCCCCC(=O)OC[C@H](COC(=O)CCCCCCCCCCCCC)OC(=O)CCCCCCCCC(C)CC. The van der Waals surface area contributed by atoms with Gasteiger partial charge in [-0.05, 0) is 25.2 Å². The molecule has 0 aliphatic rings. The van der Waals surface area contributed by atoms with Crippen molar-refractivity contribution in [1.29, 1.82) is 0 Å². The lowest BCUT2D eigenvalue weighted by Crippen LogP contribution is -2.30. The molecular formula is C49H94O6. The zero-order valence-electron chi connectivity index (χ0n) is 37.4. The fraction of sp³-hybridized carbons (Fsp3) is 0.939. The van der Waals surface area contributed by atoms with E-state index in [1.807, 2.05) is 0 Å². The van der Waals surface area contributed by atoms with Gasteiger partial charge in [-0.2, -0.15) is 0 Å². The van der Waals surface area contributed by atoms with Crippen LogP contribution in [0.3, 0.4) is 0 Å². The van der Waals surface area contributed by atoms with Crippen LogP contribution in [0.2, 0.25) is 0 Å². The van der Waals surface area contributed by atoms with Crippen molar-refractivity contribution < 1.29 is 28.6 Å². The molecule has 0 bridgehead atoms. The third kappa shape index (κ3) is 41.9. The number of carbonyl (C=O) groups excluding carboxylic acids is 3. The second-order valence-corrected chi connectivity index (χ2v) is 17.0. The first-order valence-electron chi connectivity index (χ1n) is 24.4. The predicted molar refractivity (Wildman–Crippen MR) is 233 cm³/mol. The maximum Gasteiger partial charge on any atom is 0.306 e. The fourth-order valence-electron chi connectivity index (χ4n) is 7.30. The molecule has 6 nitrogen and oxygen atoms in total. The van der Waals surface area contributed by atoms with Crippen molar-refractivity contribution in [3.8, 4) is 0 Å². The van der Waals surface area contributed by atoms with Crippen molar-refractivity contribution in [2.45, 2.75) is 278 Å². The molecule has 55 heavy (non-hydrogen) atoms. The number of hydrogen-bond acceptors (Lipinski definition) is 6. The largest absolute Gasteiger partial charge is 0.462 e. The zero-order valence-corrected chi connectivity index (χ0v) is 37.4. The van der Waals surface area contributed by atoms with E-state index in [1.165, 1.54) is 167 Å². The molecule has 0 amide bonds. The van der Waals surface area contributed by atoms with Crippen LogP contribution in [0.15, 0.2) is 0 Å². The first-order valence-corrected chi connectivity index (χ1v) is 24.4. The summed E-state index contributed by atoms with van der Waals surface area (Å²) in [5.74, 6) is -0.0431. The summed E-state index contributed by atoms with van der Waals surface area (Å²) in [6, 6.07) is 0. The van der Waals surface area contributed by atoms with E-state index in [4.69, 9.17) is 14.2 Å². The molecule has 0 aromatic heterocycles. The minimum atomic E-state index is -0.760. The van der Waals surface area contributed by atoms with Gasteiger partial charge >= 0.3 is 17.9 Å². The molecular weight excluding hydrogens is 685 g/mol.